The van der Waals surface area contributed by atoms with Crippen LogP contribution in [0.2, 0.25) is 5.02 Å². The van der Waals surface area contributed by atoms with Crippen LogP contribution in [0.3, 0.4) is 0 Å². The first-order valence-electron chi connectivity index (χ1n) is 10.6. The minimum Gasteiger partial charge on any atom is -0.464 e. The van der Waals surface area contributed by atoms with Gasteiger partial charge in [-0.15, -0.1) is 0 Å². The Bertz CT molecular complexity index is 1370. The van der Waals surface area contributed by atoms with Crippen LogP contribution in [0.1, 0.15) is 10.5 Å². The highest BCUT2D eigenvalue weighted by Crippen LogP contribution is 2.33. The fourth-order valence-electron chi connectivity index (χ4n) is 3.87. The number of rotatable bonds is 5. The van der Waals surface area contributed by atoms with E-state index in [1.165, 1.54) is 19.2 Å². The van der Waals surface area contributed by atoms with E-state index in [1.807, 2.05) is 18.2 Å². The van der Waals surface area contributed by atoms with E-state index >= 15 is 0 Å². The number of nitrogens with one attached hydrogen (secondary N) is 2. The molecule has 5 rings (SSSR count). The fraction of sp³-hybridized carbons (Fsp3) is 0.208. The number of aromatic amines is 1. The number of aromatic nitrogens is 3. The van der Waals surface area contributed by atoms with Crippen molar-refractivity contribution in [3.63, 3.8) is 0 Å². The van der Waals surface area contributed by atoms with Gasteiger partial charge in [-0.25, -0.2) is 14.2 Å². The lowest BCUT2D eigenvalue weighted by Gasteiger charge is -2.29. The second-order valence-electron chi connectivity index (χ2n) is 7.76. The number of fused-ring (bicyclic) bond motifs is 1. The third-order valence-corrected chi connectivity index (χ3v) is 5.88. The van der Waals surface area contributed by atoms with Gasteiger partial charge in [0.05, 0.1) is 25.3 Å². The van der Waals surface area contributed by atoms with E-state index < -0.39 is 11.8 Å². The monoisotopic (exact) mass is 481 g/mol. The molecule has 0 atom stereocenters. The number of carbonyl (C=O) groups is 1. The Morgan fingerprint density at radius 3 is 2.79 bits per heavy atom. The molecule has 3 heterocycles. The van der Waals surface area contributed by atoms with Crippen molar-refractivity contribution in [3.05, 3.63) is 65.2 Å². The average Bonchev–Trinajstić information content (AvgIpc) is 3.30. The number of methoxy groups -OCH3 is 1. The molecule has 8 nitrogen and oxygen atoms in total. The molecule has 0 aliphatic carbocycles. The standard InChI is InChI=1S/C24H21ClFN5O3/c1-33-23(32)21-11-15-3-2-14(10-20(15)29-21)17-13-27-24(28-16-4-5-19(26)18(25)12-16)30-22(17)31-6-8-34-9-7-31/h2-5,10-13,29H,6-9H2,1H3,(H,27,28,30). The van der Waals surface area contributed by atoms with E-state index in [4.69, 9.17) is 26.1 Å². The zero-order valence-electron chi connectivity index (χ0n) is 18.3. The molecule has 1 aliphatic rings. The second kappa shape index (κ2) is 9.28. The largest absolute Gasteiger partial charge is 0.464 e. The van der Waals surface area contributed by atoms with Crippen molar-refractivity contribution in [3.8, 4) is 11.1 Å². The zero-order valence-corrected chi connectivity index (χ0v) is 19.0. The topological polar surface area (TPSA) is 92.4 Å². The van der Waals surface area contributed by atoms with Crippen molar-refractivity contribution < 1.29 is 18.7 Å². The molecule has 0 unspecified atom stereocenters. The molecule has 0 saturated carbocycles. The smallest absolute Gasteiger partial charge is 0.354 e. The molecule has 2 aromatic heterocycles. The minimum absolute atomic E-state index is 0.0144. The van der Waals surface area contributed by atoms with Gasteiger partial charge in [0, 0.05) is 41.4 Å². The summed E-state index contributed by atoms with van der Waals surface area (Å²) in [6.45, 7) is 2.56. The summed E-state index contributed by atoms with van der Waals surface area (Å²) in [5, 5.41) is 4.00. The normalized spacial score (nSPS) is 13.8. The Morgan fingerprint density at radius 1 is 1.21 bits per heavy atom. The number of halogens is 2. The third-order valence-electron chi connectivity index (χ3n) is 5.59. The summed E-state index contributed by atoms with van der Waals surface area (Å²) in [6, 6.07) is 12.0. The van der Waals surface area contributed by atoms with Gasteiger partial charge in [-0.1, -0.05) is 23.7 Å². The Hall–Kier alpha value is -3.69. The quantitative estimate of drug-likeness (QED) is 0.396. The van der Waals surface area contributed by atoms with Gasteiger partial charge in [-0.3, -0.25) is 0 Å². The molecule has 0 spiro atoms. The SMILES string of the molecule is COC(=O)c1cc2ccc(-c3cnc(Nc4ccc(F)c(Cl)c4)nc3N3CCOCC3)cc2[nH]1. The molecule has 1 fully saturated rings. The molecule has 34 heavy (non-hydrogen) atoms. The zero-order chi connectivity index (χ0) is 23.7. The maximum atomic E-state index is 13.5. The maximum absolute atomic E-state index is 13.5. The second-order valence-corrected chi connectivity index (χ2v) is 8.17. The van der Waals surface area contributed by atoms with Crippen LogP contribution in [0.4, 0.5) is 21.8 Å². The van der Waals surface area contributed by atoms with E-state index in [1.54, 1.807) is 18.3 Å². The van der Waals surface area contributed by atoms with Crippen molar-refractivity contribution in [2.75, 3.05) is 43.6 Å². The molecule has 2 N–H and O–H groups in total. The molecule has 0 radical (unpaired) electrons. The lowest BCUT2D eigenvalue weighted by molar-refractivity contribution is 0.0595. The van der Waals surface area contributed by atoms with Crippen LogP contribution in [0, 0.1) is 5.82 Å². The lowest BCUT2D eigenvalue weighted by Crippen LogP contribution is -2.37. The van der Waals surface area contributed by atoms with E-state index in [-0.39, 0.29) is 5.02 Å². The van der Waals surface area contributed by atoms with Crippen LogP contribution >= 0.6 is 11.6 Å². The molecular weight excluding hydrogens is 461 g/mol. The van der Waals surface area contributed by atoms with Crippen LogP contribution in [-0.2, 0) is 9.47 Å². The first kappa shape index (κ1) is 22.1. The van der Waals surface area contributed by atoms with Gasteiger partial charge in [0.2, 0.25) is 5.95 Å². The van der Waals surface area contributed by atoms with Crippen LogP contribution in [-0.4, -0.2) is 54.3 Å². The summed E-state index contributed by atoms with van der Waals surface area (Å²) in [6.07, 6.45) is 1.75. The predicted octanol–water partition coefficient (Wildman–Crippen LogP) is 4.78. The number of morpholine rings is 1. The van der Waals surface area contributed by atoms with Gasteiger partial charge >= 0.3 is 5.97 Å². The predicted molar refractivity (Wildman–Crippen MR) is 128 cm³/mol. The number of nitrogens with zero attached hydrogens (tertiary/aromatic N) is 3. The number of anilines is 3. The van der Waals surface area contributed by atoms with Crippen LogP contribution < -0.4 is 10.2 Å². The summed E-state index contributed by atoms with van der Waals surface area (Å²) in [5.74, 6) is 0.189. The molecule has 0 bridgehead atoms. The average molecular weight is 482 g/mol. The maximum Gasteiger partial charge on any atom is 0.354 e. The Morgan fingerprint density at radius 2 is 2.03 bits per heavy atom. The van der Waals surface area contributed by atoms with Crippen molar-refractivity contribution in [1.82, 2.24) is 15.0 Å². The Balaban J connectivity index is 1.54. The Labute approximate surface area is 199 Å². The van der Waals surface area contributed by atoms with E-state index in [0.717, 1.165) is 27.8 Å². The van der Waals surface area contributed by atoms with Gasteiger partial charge in [0.15, 0.2) is 0 Å². The summed E-state index contributed by atoms with van der Waals surface area (Å²) in [5.41, 5.74) is 3.49. The number of hydrogen-bond donors (Lipinski definition) is 2. The van der Waals surface area contributed by atoms with Crippen LogP contribution in [0.25, 0.3) is 22.0 Å². The summed E-state index contributed by atoms with van der Waals surface area (Å²) < 4.78 is 23.8. The van der Waals surface area contributed by atoms with E-state index in [0.29, 0.717) is 43.6 Å². The molecule has 4 aromatic rings. The van der Waals surface area contributed by atoms with Crippen molar-refractivity contribution >= 4 is 45.9 Å². The Kier molecular flexibility index (Phi) is 6.04. The van der Waals surface area contributed by atoms with Crippen molar-refractivity contribution in [2.24, 2.45) is 0 Å². The fourth-order valence-corrected chi connectivity index (χ4v) is 4.05. The number of hydrogen-bond acceptors (Lipinski definition) is 7. The highest BCUT2D eigenvalue weighted by atomic mass is 35.5. The number of carbonyl (C=O) groups excluding carboxylic acids is 1. The van der Waals surface area contributed by atoms with Crippen molar-refractivity contribution in [1.29, 1.82) is 0 Å². The lowest BCUT2D eigenvalue weighted by atomic mass is 10.1. The first-order chi connectivity index (χ1) is 16.5. The third kappa shape index (κ3) is 4.40. The molecular formula is C24H21ClFN5O3. The number of ether oxygens (including phenoxy) is 2. The molecule has 174 valence electrons. The van der Waals surface area contributed by atoms with Gasteiger partial charge < -0.3 is 24.7 Å². The number of esters is 1. The summed E-state index contributed by atoms with van der Waals surface area (Å²) in [4.78, 5) is 26.4. The van der Waals surface area contributed by atoms with E-state index in [2.05, 4.69) is 20.2 Å². The number of benzene rings is 2. The molecule has 10 heteroatoms. The highest BCUT2D eigenvalue weighted by Gasteiger charge is 2.20. The highest BCUT2D eigenvalue weighted by molar-refractivity contribution is 6.31. The van der Waals surface area contributed by atoms with Gasteiger partial charge in [-0.05, 0) is 35.9 Å². The number of H-pyrrole nitrogens is 1. The van der Waals surface area contributed by atoms with Gasteiger partial charge in [0.25, 0.3) is 0 Å². The van der Waals surface area contributed by atoms with Crippen LogP contribution in [0.15, 0.2) is 48.7 Å². The first-order valence-corrected chi connectivity index (χ1v) is 11.0. The summed E-state index contributed by atoms with van der Waals surface area (Å²) >= 11 is 5.91. The van der Waals surface area contributed by atoms with E-state index in [9.17, 15) is 9.18 Å². The molecule has 1 saturated heterocycles. The van der Waals surface area contributed by atoms with Gasteiger partial charge in [-0.2, -0.15) is 4.98 Å². The molecule has 1 aliphatic heterocycles. The minimum atomic E-state index is -0.493. The molecule has 2 aromatic carbocycles. The molecule has 0 amide bonds. The van der Waals surface area contributed by atoms with Crippen molar-refractivity contribution in [2.45, 2.75) is 0 Å². The summed E-state index contributed by atoms with van der Waals surface area (Å²) in [7, 11) is 1.35. The van der Waals surface area contributed by atoms with Gasteiger partial charge in [0.1, 0.15) is 17.3 Å². The van der Waals surface area contributed by atoms with Crippen LogP contribution in [0.5, 0.6) is 0 Å².